The largest absolute Gasteiger partial charge is 0.481 e. The number of halogens is 3. The molecule has 2 aromatic rings. The number of hydrogen-bond donors (Lipinski definition) is 1. The van der Waals surface area contributed by atoms with E-state index in [1.807, 2.05) is 0 Å². The van der Waals surface area contributed by atoms with Crippen LogP contribution in [0, 0.1) is 11.2 Å². The Kier molecular flexibility index (Phi) is 8.97. The molecule has 0 aromatic heterocycles. The lowest BCUT2D eigenvalue weighted by Gasteiger charge is -2.51. The summed E-state index contributed by atoms with van der Waals surface area (Å²) in [5, 5.41) is 9.68. The lowest BCUT2D eigenvalue weighted by Crippen LogP contribution is -2.57. The first-order valence-corrected chi connectivity index (χ1v) is 14.6. The molecule has 1 aliphatic heterocycles. The van der Waals surface area contributed by atoms with Crippen LogP contribution in [0.4, 0.5) is 4.39 Å². The quantitative estimate of drug-likeness (QED) is 0.382. The van der Waals surface area contributed by atoms with Crippen molar-refractivity contribution in [1.82, 2.24) is 4.90 Å². The smallest absolute Gasteiger partial charge is 0.304 e. The Hall–Kier alpha value is -2.16. The van der Waals surface area contributed by atoms with Crippen LogP contribution in [0.1, 0.15) is 70.0 Å². The average Bonchev–Trinajstić information content (AvgIpc) is 2.78. The van der Waals surface area contributed by atoms with Gasteiger partial charge in [0.15, 0.2) is 9.84 Å². The molecule has 6 nitrogen and oxygen atoms in total. The Morgan fingerprint density at radius 2 is 1.76 bits per heavy atom. The fourth-order valence-electron chi connectivity index (χ4n) is 5.19. The molecule has 1 unspecified atom stereocenters. The summed E-state index contributed by atoms with van der Waals surface area (Å²) in [6.07, 6.45) is -0.0286. The summed E-state index contributed by atoms with van der Waals surface area (Å²) < 4.78 is 40.5. The molecule has 1 N–H and O–H groups in total. The highest BCUT2D eigenvalue weighted by atomic mass is 35.5. The van der Waals surface area contributed by atoms with E-state index in [0.29, 0.717) is 22.6 Å². The van der Waals surface area contributed by atoms with Crippen molar-refractivity contribution in [2.75, 3.05) is 5.75 Å². The van der Waals surface area contributed by atoms with Crippen molar-refractivity contribution < 1.29 is 27.5 Å². The van der Waals surface area contributed by atoms with Crippen LogP contribution in [0.25, 0.3) is 0 Å². The number of hydrogen-bond acceptors (Lipinski definition) is 4. The van der Waals surface area contributed by atoms with E-state index in [2.05, 4.69) is 0 Å². The molecule has 1 amide bonds. The number of carbonyl (C=O) groups excluding carboxylic acids is 1. The van der Waals surface area contributed by atoms with Crippen LogP contribution in [0.2, 0.25) is 10.0 Å². The van der Waals surface area contributed by atoms with Gasteiger partial charge < -0.3 is 10.0 Å². The standard InChI is InChI=1S/C27H32Cl2FNO5S/c1-5-22(15-37(35,36)16(2)3)31-25(17-6-8-19(28)9-7-17)23(18-10-20(29)12-21(30)11-18)13-27(4,26(31)34)14-24(32)33/h6-12,16,22-23,25H,5,13-15H2,1-4H3,(H,32,33)/t22-,23?,25+,27+/m0/s1. The zero-order valence-electron chi connectivity index (χ0n) is 21.2. The van der Waals surface area contributed by atoms with E-state index in [0.717, 1.165) is 0 Å². The van der Waals surface area contributed by atoms with E-state index in [9.17, 15) is 27.5 Å². The molecule has 0 aliphatic carbocycles. The van der Waals surface area contributed by atoms with Gasteiger partial charge in [-0.2, -0.15) is 0 Å². The first kappa shape index (κ1) is 29.4. The van der Waals surface area contributed by atoms with Crippen molar-refractivity contribution in [3.05, 3.63) is 69.5 Å². The van der Waals surface area contributed by atoms with Crippen molar-refractivity contribution >= 4 is 44.9 Å². The predicted molar refractivity (Wildman–Crippen MR) is 143 cm³/mol. The van der Waals surface area contributed by atoms with Gasteiger partial charge in [-0.25, -0.2) is 12.8 Å². The fourth-order valence-corrected chi connectivity index (χ4v) is 6.86. The summed E-state index contributed by atoms with van der Waals surface area (Å²) in [6, 6.07) is 9.54. The number of carboxylic acids is 1. The first-order chi connectivity index (χ1) is 17.2. The van der Waals surface area contributed by atoms with Gasteiger partial charge in [-0.15, -0.1) is 0 Å². The van der Waals surface area contributed by atoms with Gasteiger partial charge in [-0.3, -0.25) is 9.59 Å². The van der Waals surface area contributed by atoms with Crippen LogP contribution in [0.15, 0.2) is 42.5 Å². The molecule has 2 aromatic carbocycles. The highest BCUT2D eigenvalue weighted by Crippen LogP contribution is 2.52. The van der Waals surface area contributed by atoms with Crippen molar-refractivity contribution in [3.8, 4) is 0 Å². The topological polar surface area (TPSA) is 91.8 Å². The van der Waals surface area contributed by atoms with Gasteiger partial charge in [-0.05, 0) is 68.1 Å². The molecule has 1 fully saturated rings. The van der Waals surface area contributed by atoms with Gasteiger partial charge in [0.2, 0.25) is 5.91 Å². The lowest BCUT2D eigenvalue weighted by molar-refractivity contribution is -0.160. The normalized spacial score (nSPS) is 23.4. The molecule has 202 valence electrons. The van der Waals surface area contributed by atoms with E-state index in [-0.39, 0.29) is 17.2 Å². The Bertz CT molecular complexity index is 1250. The summed E-state index contributed by atoms with van der Waals surface area (Å²) >= 11 is 12.3. The zero-order valence-corrected chi connectivity index (χ0v) is 23.6. The van der Waals surface area contributed by atoms with E-state index < -0.39 is 62.6 Å². The Labute approximate surface area is 227 Å². The Balaban J connectivity index is 2.29. The molecule has 0 bridgehead atoms. The maximum absolute atomic E-state index is 14.5. The highest BCUT2D eigenvalue weighted by molar-refractivity contribution is 7.92. The molecule has 0 spiro atoms. The van der Waals surface area contributed by atoms with E-state index in [1.165, 1.54) is 17.0 Å². The maximum Gasteiger partial charge on any atom is 0.304 e. The van der Waals surface area contributed by atoms with Gasteiger partial charge in [0.05, 0.1) is 28.9 Å². The van der Waals surface area contributed by atoms with E-state index in [1.54, 1.807) is 58.0 Å². The summed E-state index contributed by atoms with van der Waals surface area (Å²) in [6.45, 7) is 6.54. The van der Waals surface area contributed by atoms with Crippen LogP contribution >= 0.6 is 23.2 Å². The number of amides is 1. The van der Waals surface area contributed by atoms with Gasteiger partial charge in [-0.1, -0.05) is 49.2 Å². The van der Waals surface area contributed by atoms with Crippen LogP contribution in [-0.4, -0.2) is 47.3 Å². The minimum absolute atomic E-state index is 0.106. The van der Waals surface area contributed by atoms with Crippen molar-refractivity contribution in [2.24, 2.45) is 5.41 Å². The minimum atomic E-state index is -3.56. The molecular formula is C27H32Cl2FNO5S. The molecule has 4 atom stereocenters. The molecule has 1 saturated heterocycles. The SMILES string of the molecule is CC[C@@H](CS(=O)(=O)C(C)C)N1C(=O)[C@@](C)(CC(=O)O)CC(c2cc(F)cc(Cl)c2)[C@H]1c1ccc(Cl)cc1. The number of rotatable bonds is 9. The Morgan fingerprint density at radius 1 is 1.14 bits per heavy atom. The molecular weight excluding hydrogens is 540 g/mol. The molecule has 3 rings (SSSR count). The number of piperidine rings is 1. The third kappa shape index (κ3) is 6.47. The lowest BCUT2D eigenvalue weighted by atomic mass is 9.67. The summed E-state index contributed by atoms with van der Waals surface area (Å²) in [7, 11) is -3.56. The Morgan fingerprint density at radius 3 is 2.27 bits per heavy atom. The number of sulfone groups is 1. The molecule has 10 heteroatoms. The number of likely N-dealkylation sites (tertiary alicyclic amines) is 1. The number of carbonyl (C=O) groups is 2. The number of nitrogens with zero attached hydrogens (tertiary/aromatic N) is 1. The van der Waals surface area contributed by atoms with Gasteiger partial charge >= 0.3 is 5.97 Å². The van der Waals surface area contributed by atoms with Crippen molar-refractivity contribution in [1.29, 1.82) is 0 Å². The molecule has 1 heterocycles. The second-order valence-corrected chi connectivity index (χ2v) is 13.8. The van der Waals surface area contributed by atoms with Crippen molar-refractivity contribution in [3.63, 3.8) is 0 Å². The molecule has 37 heavy (non-hydrogen) atoms. The number of carboxylic acid groups (broad SMARTS) is 1. The average molecular weight is 573 g/mol. The second kappa shape index (κ2) is 11.3. The third-order valence-electron chi connectivity index (χ3n) is 7.18. The number of aliphatic carboxylic acids is 1. The monoisotopic (exact) mass is 571 g/mol. The van der Waals surface area contributed by atoms with Gasteiger partial charge in [0.1, 0.15) is 5.82 Å². The second-order valence-electron chi connectivity index (χ2n) is 10.3. The van der Waals surface area contributed by atoms with Crippen LogP contribution in [-0.2, 0) is 19.4 Å². The summed E-state index contributed by atoms with van der Waals surface area (Å²) in [5.41, 5.74) is -0.172. The van der Waals surface area contributed by atoms with Crippen LogP contribution in [0.5, 0.6) is 0 Å². The maximum atomic E-state index is 14.5. The molecule has 0 radical (unpaired) electrons. The predicted octanol–water partition coefficient (Wildman–Crippen LogP) is 6.27. The fraction of sp³-hybridized carbons (Fsp3) is 0.481. The van der Waals surface area contributed by atoms with Crippen LogP contribution in [0.3, 0.4) is 0 Å². The van der Waals surface area contributed by atoms with E-state index in [4.69, 9.17) is 23.2 Å². The third-order valence-corrected chi connectivity index (χ3v) is 9.93. The summed E-state index contributed by atoms with van der Waals surface area (Å²) in [4.78, 5) is 27.5. The molecule has 1 aliphatic rings. The minimum Gasteiger partial charge on any atom is -0.481 e. The molecule has 0 saturated carbocycles. The van der Waals surface area contributed by atoms with Crippen molar-refractivity contribution in [2.45, 2.75) is 70.2 Å². The summed E-state index contributed by atoms with van der Waals surface area (Å²) in [5.74, 6) is -3.00. The highest BCUT2D eigenvalue weighted by Gasteiger charge is 2.52. The van der Waals surface area contributed by atoms with Crippen LogP contribution < -0.4 is 0 Å². The van der Waals surface area contributed by atoms with Gasteiger partial charge in [0, 0.05) is 22.0 Å². The van der Waals surface area contributed by atoms with E-state index >= 15 is 0 Å². The first-order valence-electron chi connectivity index (χ1n) is 12.2. The number of benzene rings is 2. The van der Waals surface area contributed by atoms with Gasteiger partial charge in [0.25, 0.3) is 0 Å². The zero-order chi connectivity index (χ0) is 27.7.